The van der Waals surface area contributed by atoms with Crippen LogP contribution in [0.1, 0.15) is 20.3 Å². The summed E-state index contributed by atoms with van der Waals surface area (Å²) in [4.78, 5) is 10.8. The van der Waals surface area contributed by atoms with E-state index in [1.165, 1.54) is 6.92 Å². The van der Waals surface area contributed by atoms with Gasteiger partial charge in [0.25, 0.3) is 0 Å². The quantitative estimate of drug-likeness (QED) is 0.632. The van der Waals surface area contributed by atoms with E-state index in [4.69, 9.17) is 5.73 Å². The zero-order chi connectivity index (χ0) is 9.02. The number of amides is 2. The second-order valence-corrected chi connectivity index (χ2v) is 2.28. The number of alkyl halides is 2. The Morgan fingerprint density at radius 2 is 2.09 bits per heavy atom. The molecule has 2 N–H and O–H groups in total. The highest BCUT2D eigenvalue weighted by Gasteiger charge is 2.24. The van der Waals surface area contributed by atoms with Crippen molar-refractivity contribution in [3.8, 4) is 0 Å². The third-order valence-corrected chi connectivity index (χ3v) is 1.53. The molecule has 0 saturated heterocycles. The van der Waals surface area contributed by atoms with Crippen LogP contribution in [0.25, 0.3) is 0 Å². The highest BCUT2D eigenvalue weighted by molar-refractivity contribution is 5.72. The Bertz CT molecular complexity index is 141. The zero-order valence-corrected chi connectivity index (χ0v) is 6.55. The zero-order valence-electron chi connectivity index (χ0n) is 6.55. The van der Waals surface area contributed by atoms with E-state index in [1.807, 2.05) is 0 Å². The number of carbonyl (C=O) groups is 1. The maximum atomic E-state index is 12.0. The number of nitrogens with zero attached hydrogens (tertiary/aromatic N) is 1. The molecule has 3 nitrogen and oxygen atoms in total. The maximum Gasteiger partial charge on any atom is 0.319 e. The van der Waals surface area contributed by atoms with Gasteiger partial charge in [-0.05, 0) is 13.3 Å². The van der Waals surface area contributed by atoms with Gasteiger partial charge in [0.1, 0.15) is 0 Å². The van der Waals surface area contributed by atoms with Crippen LogP contribution < -0.4 is 5.73 Å². The van der Waals surface area contributed by atoms with Gasteiger partial charge in [0.05, 0.1) is 0 Å². The molecule has 66 valence electrons. The molecular formula is C6H12F2N2O. The third kappa shape index (κ3) is 2.69. The van der Waals surface area contributed by atoms with Crippen LogP contribution in [-0.2, 0) is 0 Å². The van der Waals surface area contributed by atoms with Gasteiger partial charge in [-0.1, -0.05) is 6.92 Å². The summed E-state index contributed by atoms with van der Waals surface area (Å²) in [5.41, 5.74) is 4.72. The molecule has 0 fully saturated rings. The monoisotopic (exact) mass is 166 g/mol. The second kappa shape index (κ2) is 4.10. The lowest BCUT2D eigenvalue weighted by atomic mass is 10.2. The first-order valence-electron chi connectivity index (χ1n) is 3.36. The number of hydrogen-bond donors (Lipinski definition) is 1. The van der Waals surface area contributed by atoms with Gasteiger partial charge in [-0.3, -0.25) is 4.90 Å². The van der Waals surface area contributed by atoms with E-state index in [2.05, 4.69) is 0 Å². The van der Waals surface area contributed by atoms with Gasteiger partial charge in [-0.15, -0.1) is 0 Å². The average Bonchev–Trinajstić information content (AvgIpc) is 1.85. The fourth-order valence-corrected chi connectivity index (χ4v) is 0.702. The van der Waals surface area contributed by atoms with Crippen LogP contribution in [0, 0.1) is 0 Å². The Hall–Kier alpha value is -0.870. The standard InChI is InChI=1S/C6H12F2N2O/c1-3-4(2)10(5(7)8)6(9)11/h4-5H,3H2,1-2H3,(H2,9,11). The van der Waals surface area contributed by atoms with Gasteiger partial charge in [0, 0.05) is 6.04 Å². The molecule has 0 radical (unpaired) electrons. The Labute approximate surface area is 64.2 Å². The summed E-state index contributed by atoms with van der Waals surface area (Å²) >= 11 is 0. The SMILES string of the molecule is CCC(C)N(C(N)=O)C(F)F. The van der Waals surface area contributed by atoms with Gasteiger partial charge in [-0.2, -0.15) is 8.78 Å². The Balaban J connectivity index is 4.21. The van der Waals surface area contributed by atoms with Gasteiger partial charge in [0.2, 0.25) is 0 Å². The van der Waals surface area contributed by atoms with E-state index in [0.29, 0.717) is 11.3 Å². The summed E-state index contributed by atoms with van der Waals surface area (Å²) in [6.07, 6.45) is 0.466. The smallest absolute Gasteiger partial charge is 0.319 e. The summed E-state index contributed by atoms with van der Waals surface area (Å²) in [6.45, 7) is 0.433. The summed E-state index contributed by atoms with van der Waals surface area (Å²) < 4.78 is 24.0. The molecule has 0 aromatic rings. The van der Waals surface area contributed by atoms with Crippen LogP contribution in [0.3, 0.4) is 0 Å². The Morgan fingerprint density at radius 1 is 1.64 bits per heavy atom. The number of primary amides is 1. The van der Waals surface area contributed by atoms with Crippen molar-refractivity contribution in [2.45, 2.75) is 32.9 Å². The minimum atomic E-state index is -2.80. The van der Waals surface area contributed by atoms with Gasteiger partial charge < -0.3 is 5.73 Å². The van der Waals surface area contributed by atoms with Crippen LogP contribution in [0.5, 0.6) is 0 Å². The number of hydrogen-bond acceptors (Lipinski definition) is 1. The molecular weight excluding hydrogens is 154 g/mol. The van der Waals surface area contributed by atoms with Crippen molar-refractivity contribution >= 4 is 6.03 Å². The van der Waals surface area contributed by atoms with Crippen molar-refractivity contribution in [2.75, 3.05) is 0 Å². The highest BCUT2D eigenvalue weighted by Crippen LogP contribution is 2.10. The first-order chi connectivity index (χ1) is 5.00. The van der Waals surface area contributed by atoms with E-state index in [0.717, 1.165) is 0 Å². The molecule has 1 atom stereocenters. The predicted molar refractivity (Wildman–Crippen MR) is 37.2 cm³/mol. The molecule has 11 heavy (non-hydrogen) atoms. The van der Waals surface area contributed by atoms with E-state index in [-0.39, 0.29) is 0 Å². The molecule has 0 aromatic heterocycles. The van der Waals surface area contributed by atoms with Crippen molar-refractivity contribution in [3.63, 3.8) is 0 Å². The van der Waals surface area contributed by atoms with Gasteiger partial charge in [0.15, 0.2) is 0 Å². The lowest BCUT2D eigenvalue weighted by molar-refractivity contribution is -0.0163. The van der Waals surface area contributed by atoms with Gasteiger partial charge in [-0.25, -0.2) is 4.79 Å². The fourth-order valence-electron chi connectivity index (χ4n) is 0.702. The van der Waals surface area contributed by atoms with Gasteiger partial charge >= 0.3 is 12.6 Å². The summed E-state index contributed by atoms with van der Waals surface area (Å²) in [5, 5.41) is 0. The highest BCUT2D eigenvalue weighted by atomic mass is 19.3. The molecule has 1 unspecified atom stereocenters. The normalized spacial score (nSPS) is 13.2. The number of halogens is 2. The number of carbonyl (C=O) groups excluding carboxylic acids is 1. The third-order valence-electron chi connectivity index (χ3n) is 1.53. The lowest BCUT2D eigenvalue weighted by Gasteiger charge is -2.25. The molecule has 0 bridgehead atoms. The molecule has 0 aliphatic heterocycles. The van der Waals surface area contributed by atoms with Crippen molar-refractivity contribution in [1.82, 2.24) is 4.90 Å². The predicted octanol–water partition coefficient (Wildman–Crippen LogP) is 1.39. The van der Waals surface area contributed by atoms with Crippen LogP contribution in [0.15, 0.2) is 0 Å². The summed E-state index contributed by atoms with van der Waals surface area (Å²) in [6, 6.07) is -1.58. The molecule has 0 spiro atoms. The number of rotatable bonds is 3. The molecule has 0 rings (SSSR count). The van der Waals surface area contributed by atoms with Crippen LogP contribution in [0.4, 0.5) is 13.6 Å². The minimum absolute atomic E-state index is 0.361. The molecule has 0 heterocycles. The van der Waals surface area contributed by atoms with E-state index < -0.39 is 18.6 Å². The maximum absolute atomic E-state index is 12.0. The Kier molecular flexibility index (Phi) is 3.78. The van der Waals surface area contributed by atoms with Crippen molar-refractivity contribution in [3.05, 3.63) is 0 Å². The Morgan fingerprint density at radius 3 is 2.18 bits per heavy atom. The molecule has 2 amide bonds. The van der Waals surface area contributed by atoms with E-state index in [9.17, 15) is 13.6 Å². The van der Waals surface area contributed by atoms with Crippen molar-refractivity contribution in [1.29, 1.82) is 0 Å². The summed E-state index contributed by atoms with van der Waals surface area (Å²) in [5.74, 6) is 0. The molecule has 0 aromatic carbocycles. The van der Waals surface area contributed by atoms with Crippen LogP contribution in [0.2, 0.25) is 0 Å². The van der Waals surface area contributed by atoms with E-state index in [1.54, 1.807) is 6.92 Å². The number of urea groups is 1. The topological polar surface area (TPSA) is 46.3 Å². The molecule has 0 aliphatic carbocycles. The second-order valence-electron chi connectivity index (χ2n) is 2.28. The molecule has 5 heteroatoms. The van der Waals surface area contributed by atoms with E-state index >= 15 is 0 Å². The van der Waals surface area contributed by atoms with Crippen molar-refractivity contribution in [2.24, 2.45) is 5.73 Å². The first-order valence-corrected chi connectivity index (χ1v) is 3.36. The average molecular weight is 166 g/mol. The van der Waals surface area contributed by atoms with Crippen LogP contribution in [-0.4, -0.2) is 23.5 Å². The largest absolute Gasteiger partial charge is 0.351 e. The minimum Gasteiger partial charge on any atom is -0.351 e. The summed E-state index contributed by atoms with van der Waals surface area (Å²) in [7, 11) is 0. The van der Waals surface area contributed by atoms with Crippen LogP contribution >= 0.6 is 0 Å². The molecule has 0 aliphatic rings. The lowest BCUT2D eigenvalue weighted by Crippen LogP contribution is -2.45. The number of nitrogens with two attached hydrogens (primary N) is 1. The first kappa shape index (κ1) is 10.1. The van der Waals surface area contributed by atoms with Crippen molar-refractivity contribution < 1.29 is 13.6 Å². The fraction of sp³-hybridized carbons (Fsp3) is 0.833. The molecule has 0 saturated carbocycles.